The second-order valence-electron chi connectivity index (χ2n) is 3.08. The van der Waals surface area contributed by atoms with Gasteiger partial charge in [0.15, 0.2) is 0 Å². The van der Waals surface area contributed by atoms with Crippen molar-refractivity contribution in [3.8, 4) is 0 Å². The van der Waals surface area contributed by atoms with Gasteiger partial charge in [0.05, 0.1) is 6.20 Å². The molecule has 0 aliphatic carbocycles. The maximum atomic E-state index is 11.5. The summed E-state index contributed by atoms with van der Waals surface area (Å²) in [6.07, 6.45) is 0.691. The third-order valence-corrected chi connectivity index (χ3v) is 2.50. The first-order chi connectivity index (χ1) is 8.00. The molecule has 92 valence electrons. The van der Waals surface area contributed by atoms with Gasteiger partial charge in [0, 0.05) is 6.42 Å². The van der Waals surface area contributed by atoms with E-state index in [0.717, 1.165) is 11.5 Å². The van der Waals surface area contributed by atoms with E-state index in [1.807, 2.05) is 0 Å². The van der Waals surface area contributed by atoms with Gasteiger partial charge in [-0.3, -0.25) is 9.59 Å². The van der Waals surface area contributed by atoms with Crippen LogP contribution in [-0.2, 0) is 9.59 Å². The highest BCUT2D eigenvalue weighted by atomic mass is 32.1. The Morgan fingerprint density at radius 2 is 2.12 bits per heavy atom. The number of rotatable bonds is 6. The Bertz CT molecular complexity index is 419. The molecule has 0 fully saturated rings. The van der Waals surface area contributed by atoms with Gasteiger partial charge < -0.3 is 15.5 Å². The zero-order chi connectivity index (χ0) is 12.8. The van der Waals surface area contributed by atoms with Crippen molar-refractivity contribution in [1.29, 1.82) is 0 Å². The molecule has 0 spiro atoms. The molecule has 17 heavy (non-hydrogen) atoms. The minimum absolute atomic E-state index is 0.173. The third kappa shape index (κ3) is 4.15. The highest BCUT2D eigenvalue weighted by molar-refractivity contribution is 7.07. The quantitative estimate of drug-likeness (QED) is 0.632. The van der Waals surface area contributed by atoms with Crippen molar-refractivity contribution in [3.05, 3.63) is 11.1 Å². The Kier molecular flexibility index (Phi) is 4.52. The summed E-state index contributed by atoms with van der Waals surface area (Å²) < 4.78 is 3.46. The monoisotopic (exact) mass is 259 g/mol. The number of aromatic nitrogens is 2. The summed E-state index contributed by atoms with van der Waals surface area (Å²) in [5.41, 5.74) is 0. The van der Waals surface area contributed by atoms with E-state index in [4.69, 9.17) is 10.2 Å². The van der Waals surface area contributed by atoms with Crippen molar-refractivity contribution in [2.75, 3.05) is 0 Å². The molecular weight excluding hydrogens is 250 g/mol. The van der Waals surface area contributed by atoms with Crippen LogP contribution in [0.2, 0.25) is 0 Å². The lowest BCUT2D eigenvalue weighted by atomic mass is 10.1. The number of carboxylic acids is 2. The Morgan fingerprint density at radius 3 is 2.59 bits per heavy atom. The van der Waals surface area contributed by atoms with Crippen molar-refractivity contribution in [2.24, 2.45) is 0 Å². The minimum atomic E-state index is -1.28. The van der Waals surface area contributed by atoms with Gasteiger partial charge in [-0.25, -0.2) is 4.79 Å². The molecule has 1 rings (SSSR count). The Hall–Kier alpha value is -2.03. The number of nitrogens with zero attached hydrogens (tertiary/aromatic N) is 2. The van der Waals surface area contributed by atoms with Gasteiger partial charge in [0.1, 0.15) is 10.9 Å². The van der Waals surface area contributed by atoms with E-state index in [1.54, 1.807) is 0 Å². The molecule has 1 amide bonds. The lowest BCUT2D eigenvalue weighted by Gasteiger charge is -2.12. The van der Waals surface area contributed by atoms with Crippen LogP contribution in [0, 0.1) is 0 Å². The first-order valence-electron chi connectivity index (χ1n) is 4.53. The zero-order valence-electron chi connectivity index (χ0n) is 8.49. The highest BCUT2D eigenvalue weighted by Crippen LogP contribution is 2.04. The van der Waals surface area contributed by atoms with Crippen molar-refractivity contribution < 1.29 is 24.6 Å². The topological polar surface area (TPSA) is 129 Å². The highest BCUT2D eigenvalue weighted by Gasteiger charge is 2.22. The molecule has 8 nitrogen and oxygen atoms in total. The average molecular weight is 259 g/mol. The molecular formula is C8H9N3O5S. The van der Waals surface area contributed by atoms with Gasteiger partial charge in [-0.15, -0.1) is 5.10 Å². The molecule has 0 saturated heterocycles. The molecule has 1 heterocycles. The lowest BCUT2D eigenvalue weighted by molar-refractivity contribution is -0.140. The molecule has 0 aliphatic rings. The molecule has 0 unspecified atom stereocenters. The number of carboxylic acid groups (broad SMARTS) is 2. The summed E-state index contributed by atoms with van der Waals surface area (Å²) in [6.45, 7) is 0. The first-order valence-corrected chi connectivity index (χ1v) is 5.31. The number of nitrogens with one attached hydrogen (secondary N) is 1. The Morgan fingerprint density at radius 1 is 1.41 bits per heavy atom. The van der Waals surface area contributed by atoms with Crippen LogP contribution < -0.4 is 5.32 Å². The summed E-state index contributed by atoms with van der Waals surface area (Å²) in [7, 11) is 0. The average Bonchev–Trinajstić information content (AvgIpc) is 2.76. The number of carbonyl (C=O) groups is 3. The van der Waals surface area contributed by atoms with E-state index in [-0.39, 0.29) is 17.7 Å². The lowest BCUT2D eigenvalue weighted by Crippen LogP contribution is -2.40. The Balaban J connectivity index is 2.58. The number of aliphatic carboxylic acids is 2. The van der Waals surface area contributed by atoms with E-state index < -0.39 is 23.9 Å². The molecule has 3 N–H and O–H groups in total. The van der Waals surface area contributed by atoms with Crippen molar-refractivity contribution in [1.82, 2.24) is 14.9 Å². The molecule has 0 aliphatic heterocycles. The SMILES string of the molecule is O=C(O)CC[C@H](NC(=O)c1cnns1)C(=O)O. The molecule has 0 aromatic carbocycles. The molecule has 0 radical (unpaired) electrons. The van der Waals surface area contributed by atoms with Crippen molar-refractivity contribution >= 4 is 29.4 Å². The van der Waals surface area contributed by atoms with Crippen molar-refractivity contribution in [2.45, 2.75) is 18.9 Å². The first kappa shape index (κ1) is 13.0. The van der Waals surface area contributed by atoms with Crippen LogP contribution in [0.15, 0.2) is 6.20 Å². The van der Waals surface area contributed by atoms with Gasteiger partial charge in [0.25, 0.3) is 5.91 Å². The molecule has 1 aromatic rings. The van der Waals surface area contributed by atoms with Crippen LogP contribution in [0.5, 0.6) is 0 Å². The minimum Gasteiger partial charge on any atom is -0.481 e. The van der Waals surface area contributed by atoms with E-state index in [2.05, 4.69) is 14.9 Å². The van der Waals surface area contributed by atoms with Crippen LogP contribution in [0.25, 0.3) is 0 Å². The van der Waals surface area contributed by atoms with Crippen LogP contribution in [0.1, 0.15) is 22.5 Å². The summed E-state index contributed by atoms with van der Waals surface area (Å²) in [4.78, 5) is 32.7. The summed E-state index contributed by atoms with van der Waals surface area (Å²) in [5, 5.41) is 22.9. The van der Waals surface area contributed by atoms with Crippen LogP contribution in [0.4, 0.5) is 0 Å². The summed E-state index contributed by atoms with van der Waals surface area (Å²) in [5.74, 6) is -3.03. The molecule has 1 atom stereocenters. The fourth-order valence-corrected chi connectivity index (χ4v) is 1.44. The predicted octanol–water partition coefficient (Wildman–Crippen LogP) is -0.414. The van der Waals surface area contributed by atoms with Crippen molar-refractivity contribution in [3.63, 3.8) is 0 Å². The summed E-state index contributed by atoms with van der Waals surface area (Å²) >= 11 is 0.827. The Labute approximate surface area is 99.4 Å². The van der Waals surface area contributed by atoms with Gasteiger partial charge in [-0.1, -0.05) is 4.49 Å². The molecule has 9 heteroatoms. The largest absolute Gasteiger partial charge is 0.481 e. The van der Waals surface area contributed by atoms with Gasteiger partial charge in [0.2, 0.25) is 0 Å². The van der Waals surface area contributed by atoms with E-state index in [1.165, 1.54) is 6.20 Å². The van der Waals surface area contributed by atoms with E-state index in [0.29, 0.717) is 0 Å². The van der Waals surface area contributed by atoms with E-state index >= 15 is 0 Å². The number of carbonyl (C=O) groups excluding carboxylic acids is 1. The van der Waals surface area contributed by atoms with Gasteiger partial charge in [-0.2, -0.15) is 0 Å². The zero-order valence-corrected chi connectivity index (χ0v) is 9.31. The van der Waals surface area contributed by atoms with Crippen LogP contribution in [-0.4, -0.2) is 43.7 Å². The van der Waals surface area contributed by atoms with E-state index in [9.17, 15) is 14.4 Å². The third-order valence-electron chi connectivity index (χ3n) is 1.84. The number of hydrogen-bond acceptors (Lipinski definition) is 6. The van der Waals surface area contributed by atoms with Crippen LogP contribution in [0.3, 0.4) is 0 Å². The predicted molar refractivity (Wildman–Crippen MR) is 55.7 cm³/mol. The maximum absolute atomic E-state index is 11.5. The molecule has 0 bridgehead atoms. The number of amides is 1. The second kappa shape index (κ2) is 5.89. The molecule has 0 saturated carbocycles. The second-order valence-corrected chi connectivity index (χ2v) is 3.86. The maximum Gasteiger partial charge on any atom is 0.326 e. The van der Waals surface area contributed by atoms with Gasteiger partial charge in [-0.05, 0) is 18.0 Å². The fraction of sp³-hybridized carbons (Fsp3) is 0.375. The van der Waals surface area contributed by atoms with Gasteiger partial charge >= 0.3 is 11.9 Å². The standard InChI is InChI=1S/C8H9N3O5S/c12-6(13)2-1-4(8(15)16)10-7(14)5-3-9-11-17-5/h3-4H,1-2H2,(H,10,14)(H,12,13)(H,15,16)/t4-/m0/s1. The smallest absolute Gasteiger partial charge is 0.326 e. The fourth-order valence-electron chi connectivity index (χ4n) is 1.02. The molecule has 1 aromatic heterocycles. The summed E-state index contributed by atoms with van der Waals surface area (Å²) in [6, 6.07) is -1.24. The normalized spacial score (nSPS) is 11.8. The number of hydrogen-bond donors (Lipinski definition) is 3. The van der Waals surface area contributed by atoms with Crippen LogP contribution >= 0.6 is 11.5 Å².